The zero-order valence-electron chi connectivity index (χ0n) is 21.9. The second-order valence-corrected chi connectivity index (χ2v) is 10.9. The first-order valence-corrected chi connectivity index (χ1v) is 14.1. The fourth-order valence-electron chi connectivity index (χ4n) is 4.07. The van der Waals surface area contributed by atoms with Gasteiger partial charge in [0.1, 0.15) is 18.4 Å². The molecule has 1 unspecified atom stereocenters. The van der Waals surface area contributed by atoms with Gasteiger partial charge in [0.15, 0.2) is 0 Å². The van der Waals surface area contributed by atoms with Crippen LogP contribution in [0.2, 0.25) is 0 Å². The number of amides is 2. The fourth-order valence-corrected chi connectivity index (χ4v) is 5.49. The van der Waals surface area contributed by atoms with Gasteiger partial charge >= 0.3 is 0 Å². The maximum atomic E-state index is 14.9. The van der Waals surface area contributed by atoms with Gasteiger partial charge in [-0.1, -0.05) is 74.0 Å². The van der Waals surface area contributed by atoms with Gasteiger partial charge in [-0.05, 0) is 49.6 Å². The number of halogens is 1. The Morgan fingerprint density at radius 2 is 1.55 bits per heavy atom. The molecule has 0 aliphatic carbocycles. The number of hydrogen-bond acceptors (Lipinski definition) is 4. The van der Waals surface area contributed by atoms with Gasteiger partial charge in [-0.3, -0.25) is 13.9 Å². The molecular formula is C29H34FN3O4S. The van der Waals surface area contributed by atoms with Crippen LogP contribution in [0.4, 0.5) is 10.1 Å². The van der Waals surface area contributed by atoms with Crippen molar-refractivity contribution in [2.75, 3.05) is 17.4 Å². The molecule has 0 spiro atoms. The van der Waals surface area contributed by atoms with Crippen molar-refractivity contribution in [2.24, 2.45) is 0 Å². The lowest BCUT2D eigenvalue weighted by molar-refractivity contribution is -0.140. The quantitative estimate of drug-likeness (QED) is 0.363. The van der Waals surface area contributed by atoms with E-state index < -0.39 is 34.3 Å². The summed E-state index contributed by atoms with van der Waals surface area (Å²) in [6, 6.07) is 19.9. The summed E-state index contributed by atoms with van der Waals surface area (Å²) in [4.78, 5) is 28.2. The van der Waals surface area contributed by atoms with Crippen LogP contribution in [0.3, 0.4) is 0 Å². The minimum Gasteiger partial charge on any atom is -0.354 e. The molecule has 3 aromatic rings. The van der Waals surface area contributed by atoms with E-state index >= 15 is 0 Å². The molecule has 0 aliphatic rings. The highest BCUT2D eigenvalue weighted by atomic mass is 32.2. The highest BCUT2D eigenvalue weighted by molar-refractivity contribution is 7.92. The molecule has 0 heterocycles. The monoisotopic (exact) mass is 539 g/mol. The molecule has 9 heteroatoms. The van der Waals surface area contributed by atoms with Crippen LogP contribution in [-0.2, 0) is 26.2 Å². The second-order valence-electron chi connectivity index (χ2n) is 9.00. The Morgan fingerprint density at radius 3 is 2.16 bits per heavy atom. The minimum absolute atomic E-state index is 0.0681. The van der Waals surface area contributed by atoms with Crippen LogP contribution in [0.15, 0.2) is 83.8 Å². The third-order valence-electron chi connectivity index (χ3n) is 6.14. The lowest BCUT2D eigenvalue weighted by atomic mass is 10.1. The van der Waals surface area contributed by atoms with E-state index in [0.29, 0.717) is 13.0 Å². The summed E-state index contributed by atoms with van der Waals surface area (Å²) in [5, 5.41) is 2.84. The average Bonchev–Trinajstić information content (AvgIpc) is 2.91. The summed E-state index contributed by atoms with van der Waals surface area (Å²) in [6.07, 6.45) is 1.04. The molecule has 38 heavy (non-hydrogen) atoms. The number of nitrogens with one attached hydrogen (secondary N) is 1. The van der Waals surface area contributed by atoms with Gasteiger partial charge in [0.05, 0.1) is 10.6 Å². The maximum absolute atomic E-state index is 14.9. The highest BCUT2D eigenvalue weighted by Gasteiger charge is 2.34. The van der Waals surface area contributed by atoms with Crippen LogP contribution in [0.1, 0.15) is 37.8 Å². The smallest absolute Gasteiger partial charge is 0.264 e. The van der Waals surface area contributed by atoms with Crippen LogP contribution >= 0.6 is 0 Å². The molecule has 3 rings (SSSR count). The van der Waals surface area contributed by atoms with E-state index in [-0.39, 0.29) is 23.0 Å². The van der Waals surface area contributed by atoms with Crippen molar-refractivity contribution >= 4 is 27.5 Å². The Hall–Kier alpha value is -3.72. The SMILES string of the molecule is CCCNC(=O)C(CC)N(Cc1ccccc1)C(=O)CN(c1ccccc1F)S(=O)(=O)c1ccc(C)cc1. The van der Waals surface area contributed by atoms with Crippen molar-refractivity contribution in [1.29, 1.82) is 0 Å². The normalized spacial score (nSPS) is 12.0. The van der Waals surface area contributed by atoms with Crippen molar-refractivity contribution in [3.8, 4) is 0 Å². The minimum atomic E-state index is -4.32. The summed E-state index contributed by atoms with van der Waals surface area (Å²) in [7, 11) is -4.32. The first kappa shape index (κ1) is 28.8. The van der Waals surface area contributed by atoms with Crippen molar-refractivity contribution in [2.45, 2.75) is 51.1 Å². The van der Waals surface area contributed by atoms with Crippen LogP contribution in [-0.4, -0.2) is 44.3 Å². The summed E-state index contributed by atoms with van der Waals surface area (Å²) in [5.41, 5.74) is 1.39. The standard InChI is InChI=1S/C29H34FN3O4S/c1-4-19-31-29(35)26(5-2)32(20-23-11-7-6-8-12-23)28(34)21-33(27-14-10-9-13-25(27)30)38(36,37)24-17-15-22(3)16-18-24/h6-18,26H,4-5,19-21H2,1-3H3,(H,31,35). The number of sulfonamides is 1. The molecule has 0 aliphatic heterocycles. The average molecular weight is 540 g/mol. The largest absolute Gasteiger partial charge is 0.354 e. The molecule has 3 aromatic carbocycles. The Morgan fingerprint density at radius 1 is 0.921 bits per heavy atom. The van der Waals surface area contributed by atoms with E-state index in [2.05, 4.69) is 5.32 Å². The molecule has 2 amide bonds. The van der Waals surface area contributed by atoms with Gasteiger partial charge in [-0.25, -0.2) is 12.8 Å². The maximum Gasteiger partial charge on any atom is 0.264 e. The Bertz CT molecular complexity index is 1330. The van der Waals surface area contributed by atoms with Crippen molar-refractivity contribution in [1.82, 2.24) is 10.2 Å². The Balaban J connectivity index is 2.05. The van der Waals surface area contributed by atoms with E-state index in [9.17, 15) is 22.4 Å². The van der Waals surface area contributed by atoms with E-state index in [1.165, 1.54) is 35.2 Å². The third kappa shape index (κ3) is 6.98. The molecule has 0 aromatic heterocycles. The van der Waals surface area contributed by atoms with Gasteiger partial charge in [0, 0.05) is 13.1 Å². The number of nitrogens with zero attached hydrogens (tertiary/aromatic N) is 2. The first-order chi connectivity index (χ1) is 18.2. The van der Waals surface area contributed by atoms with E-state index in [1.807, 2.05) is 44.2 Å². The van der Waals surface area contributed by atoms with Crippen LogP contribution < -0.4 is 9.62 Å². The molecule has 1 N–H and O–H groups in total. The summed E-state index contributed by atoms with van der Waals surface area (Å²) in [5.74, 6) is -1.72. The molecule has 0 radical (unpaired) electrons. The summed E-state index contributed by atoms with van der Waals surface area (Å²) < 4.78 is 43.2. The number of benzene rings is 3. The van der Waals surface area contributed by atoms with Crippen molar-refractivity contribution < 1.29 is 22.4 Å². The second kappa shape index (κ2) is 13.2. The van der Waals surface area contributed by atoms with Gasteiger partial charge in [-0.15, -0.1) is 0 Å². The van der Waals surface area contributed by atoms with E-state index in [4.69, 9.17) is 0 Å². The molecule has 0 bridgehead atoms. The molecule has 0 saturated carbocycles. The third-order valence-corrected chi connectivity index (χ3v) is 7.91. The predicted octanol–water partition coefficient (Wildman–Crippen LogP) is 4.66. The zero-order chi connectivity index (χ0) is 27.7. The van der Waals surface area contributed by atoms with Crippen LogP contribution in [0, 0.1) is 12.7 Å². The van der Waals surface area contributed by atoms with Crippen LogP contribution in [0.5, 0.6) is 0 Å². The topological polar surface area (TPSA) is 86.8 Å². The lowest BCUT2D eigenvalue weighted by Crippen LogP contribution is -2.52. The van der Waals surface area contributed by atoms with E-state index in [1.54, 1.807) is 19.1 Å². The molecular weight excluding hydrogens is 505 g/mol. The molecule has 202 valence electrons. The Kier molecular flexibility index (Phi) is 10.0. The molecule has 0 fully saturated rings. The Labute approximate surface area is 224 Å². The number of aryl methyl sites for hydroxylation is 1. The van der Waals surface area contributed by atoms with Gasteiger partial charge in [0.2, 0.25) is 11.8 Å². The number of para-hydroxylation sites is 1. The van der Waals surface area contributed by atoms with Gasteiger partial charge in [0.25, 0.3) is 10.0 Å². The number of carbonyl (C=O) groups excluding carboxylic acids is 2. The number of anilines is 1. The number of hydrogen-bond donors (Lipinski definition) is 1. The fraction of sp³-hybridized carbons (Fsp3) is 0.310. The van der Waals surface area contributed by atoms with Crippen molar-refractivity contribution in [3.63, 3.8) is 0 Å². The predicted molar refractivity (Wildman–Crippen MR) is 146 cm³/mol. The van der Waals surface area contributed by atoms with E-state index in [0.717, 1.165) is 27.9 Å². The number of rotatable bonds is 12. The summed E-state index contributed by atoms with van der Waals surface area (Å²) >= 11 is 0. The summed E-state index contributed by atoms with van der Waals surface area (Å²) in [6.45, 7) is 5.40. The highest BCUT2D eigenvalue weighted by Crippen LogP contribution is 2.27. The zero-order valence-corrected chi connectivity index (χ0v) is 22.7. The first-order valence-electron chi connectivity index (χ1n) is 12.6. The van der Waals surface area contributed by atoms with Crippen molar-refractivity contribution in [3.05, 3.63) is 95.8 Å². The van der Waals surface area contributed by atoms with Gasteiger partial charge < -0.3 is 10.2 Å². The van der Waals surface area contributed by atoms with Gasteiger partial charge in [-0.2, -0.15) is 0 Å². The molecule has 0 saturated heterocycles. The van der Waals surface area contributed by atoms with Crippen LogP contribution in [0.25, 0.3) is 0 Å². The molecule has 1 atom stereocenters. The number of carbonyl (C=O) groups is 2. The molecule has 7 nitrogen and oxygen atoms in total. The lowest BCUT2D eigenvalue weighted by Gasteiger charge is -2.33.